The lowest BCUT2D eigenvalue weighted by Crippen LogP contribution is -2.09. The molecule has 0 saturated heterocycles. The smallest absolute Gasteiger partial charge is 0.200 e. The van der Waals surface area contributed by atoms with Gasteiger partial charge in [-0.3, -0.25) is 4.79 Å². The molecular formula is C13H7BrF3NO. The molecule has 2 aromatic carbocycles. The first-order chi connectivity index (χ1) is 8.90. The van der Waals surface area contributed by atoms with E-state index >= 15 is 0 Å². The minimum atomic E-state index is -1.24. The van der Waals surface area contributed by atoms with Crippen molar-refractivity contribution in [2.45, 2.75) is 0 Å². The van der Waals surface area contributed by atoms with E-state index < -0.39 is 28.8 Å². The van der Waals surface area contributed by atoms with Crippen molar-refractivity contribution >= 4 is 27.4 Å². The van der Waals surface area contributed by atoms with Crippen molar-refractivity contribution in [3.8, 4) is 0 Å². The molecule has 2 rings (SSSR count). The van der Waals surface area contributed by atoms with E-state index in [4.69, 9.17) is 5.73 Å². The molecule has 0 aliphatic carbocycles. The molecule has 0 spiro atoms. The maximum atomic E-state index is 13.5. The minimum Gasteiger partial charge on any atom is -0.399 e. The van der Waals surface area contributed by atoms with Gasteiger partial charge in [0, 0.05) is 27.9 Å². The molecule has 0 aliphatic rings. The summed E-state index contributed by atoms with van der Waals surface area (Å²) in [5.74, 6) is -4.46. The van der Waals surface area contributed by atoms with Crippen LogP contribution in [-0.4, -0.2) is 5.78 Å². The lowest BCUT2D eigenvalue weighted by Gasteiger charge is -2.07. The lowest BCUT2D eigenvalue weighted by molar-refractivity contribution is 0.103. The van der Waals surface area contributed by atoms with Gasteiger partial charge in [-0.15, -0.1) is 0 Å². The molecule has 0 amide bonds. The van der Waals surface area contributed by atoms with Crippen molar-refractivity contribution < 1.29 is 18.0 Å². The Balaban J connectivity index is 2.56. The summed E-state index contributed by atoms with van der Waals surface area (Å²) in [4.78, 5) is 12.1. The van der Waals surface area contributed by atoms with Gasteiger partial charge in [0.2, 0.25) is 0 Å². The first kappa shape index (κ1) is 13.6. The van der Waals surface area contributed by atoms with Crippen molar-refractivity contribution in [1.29, 1.82) is 0 Å². The highest BCUT2D eigenvalue weighted by atomic mass is 79.9. The minimum absolute atomic E-state index is 0.0404. The van der Waals surface area contributed by atoms with Gasteiger partial charge in [-0.25, -0.2) is 13.2 Å². The number of benzene rings is 2. The van der Waals surface area contributed by atoms with Gasteiger partial charge in [0.25, 0.3) is 0 Å². The number of rotatable bonds is 2. The van der Waals surface area contributed by atoms with Crippen LogP contribution in [0, 0.1) is 17.5 Å². The molecule has 0 unspecified atom stereocenters. The van der Waals surface area contributed by atoms with Gasteiger partial charge in [0.05, 0.1) is 5.56 Å². The highest BCUT2D eigenvalue weighted by Gasteiger charge is 2.22. The van der Waals surface area contributed by atoms with Crippen LogP contribution in [0.15, 0.2) is 34.8 Å². The molecule has 6 heteroatoms. The number of nitrogen functional groups attached to an aromatic ring is 1. The number of hydrogen-bond donors (Lipinski definition) is 1. The molecule has 0 aromatic heterocycles. The first-order valence-corrected chi connectivity index (χ1v) is 5.93. The van der Waals surface area contributed by atoms with Gasteiger partial charge < -0.3 is 5.73 Å². The van der Waals surface area contributed by atoms with Crippen LogP contribution >= 0.6 is 15.9 Å². The summed E-state index contributed by atoms with van der Waals surface area (Å²) in [6.45, 7) is 0. The summed E-state index contributed by atoms with van der Waals surface area (Å²) in [7, 11) is 0. The number of carbonyl (C=O) groups is 1. The average Bonchev–Trinajstić information content (AvgIpc) is 2.26. The van der Waals surface area contributed by atoms with Gasteiger partial charge >= 0.3 is 0 Å². The topological polar surface area (TPSA) is 43.1 Å². The van der Waals surface area contributed by atoms with Crippen molar-refractivity contribution in [3.05, 3.63) is 63.4 Å². The molecule has 19 heavy (non-hydrogen) atoms. The van der Waals surface area contributed by atoms with Crippen molar-refractivity contribution in [3.63, 3.8) is 0 Å². The van der Waals surface area contributed by atoms with Gasteiger partial charge in [-0.1, -0.05) is 0 Å². The van der Waals surface area contributed by atoms with E-state index in [1.165, 1.54) is 18.2 Å². The van der Waals surface area contributed by atoms with Crippen LogP contribution < -0.4 is 5.73 Å². The van der Waals surface area contributed by atoms with Crippen LogP contribution in [-0.2, 0) is 0 Å². The number of nitrogens with two attached hydrogens (primary N) is 1. The van der Waals surface area contributed by atoms with E-state index in [1.807, 2.05) is 0 Å². The van der Waals surface area contributed by atoms with E-state index in [-0.39, 0.29) is 5.56 Å². The fraction of sp³-hybridized carbons (Fsp3) is 0. The Morgan fingerprint density at radius 3 is 2.16 bits per heavy atom. The second-order valence-corrected chi connectivity index (χ2v) is 4.67. The highest BCUT2D eigenvalue weighted by molar-refractivity contribution is 9.10. The molecule has 0 aliphatic heterocycles. The van der Waals surface area contributed by atoms with E-state index in [2.05, 4.69) is 15.9 Å². The maximum absolute atomic E-state index is 13.5. The standard InChI is InChI=1S/C13H7BrF3NO/c14-9-5-7(18)1-2-8(9)13(19)12-10(16)3-6(15)4-11(12)17/h1-5H,18H2. The summed E-state index contributed by atoms with van der Waals surface area (Å²) in [6.07, 6.45) is 0. The van der Waals surface area contributed by atoms with E-state index in [1.54, 1.807) is 0 Å². The molecule has 0 atom stereocenters. The molecule has 98 valence electrons. The maximum Gasteiger partial charge on any atom is 0.200 e. The van der Waals surface area contributed by atoms with Crippen LogP contribution in [0.2, 0.25) is 0 Å². The quantitative estimate of drug-likeness (QED) is 0.674. The van der Waals surface area contributed by atoms with Crippen LogP contribution in [0.1, 0.15) is 15.9 Å². The number of hydrogen-bond acceptors (Lipinski definition) is 2. The SMILES string of the molecule is Nc1ccc(C(=O)c2c(F)cc(F)cc2F)c(Br)c1. The zero-order valence-corrected chi connectivity index (χ0v) is 11.0. The molecule has 0 saturated carbocycles. The third kappa shape index (κ3) is 2.63. The number of carbonyl (C=O) groups excluding carboxylic acids is 1. The molecule has 0 bridgehead atoms. The van der Waals surface area contributed by atoms with Crippen LogP contribution in [0.3, 0.4) is 0 Å². The number of halogens is 4. The van der Waals surface area contributed by atoms with Crippen molar-refractivity contribution in [1.82, 2.24) is 0 Å². The Morgan fingerprint density at radius 1 is 1.05 bits per heavy atom. The molecule has 0 fully saturated rings. The Morgan fingerprint density at radius 2 is 1.63 bits per heavy atom. The van der Waals surface area contributed by atoms with Gasteiger partial charge in [0.1, 0.15) is 17.5 Å². The first-order valence-electron chi connectivity index (χ1n) is 5.14. The molecule has 2 nitrogen and oxygen atoms in total. The monoisotopic (exact) mass is 329 g/mol. The zero-order valence-electron chi connectivity index (χ0n) is 9.38. The number of ketones is 1. The molecule has 0 radical (unpaired) electrons. The van der Waals surface area contributed by atoms with Crippen LogP contribution in [0.25, 0.3) is 0 Å². The number of anilines is 1. The van der Waals surface area contributed by atoms with Crippen LogP contribution in [0.4, 0.5) is 18.9 Å². The highest BCUT2D eigenvalue weighted by Crippen LogP contribution is 2.25. The molecule has 2 aromatic rings. The summed E-state index contributed by atoms with van der Waals surface area (Å²) < 4.78 is 40.1. The Hall–Kier alpha value is -1.82. The predicted molar refractivity (Wildman–Crippen MR) is 68.3 cm³/mol. The lowest BCUT2D eigenvalue weighted by atomic mass is 10.0. The fourth-order valence-corrected chi connectivity index (χ4v) is 2.19. The van der Waals surface area contributed by atoms with E-state index in [0.717, 1.165) is 0 Å². The van der Waals surface area contributed by atoms with Gasteiger partial charge in [0.15, 0.2) is 5.78 Å². The second kappa shape index (κ2) is 5.05. The van der Waals surface area contributed by atoms with Gasteiger partial charge in [-0.2, -0.15) is 0 Å². The predicted octanol–water partition coefficient (Wildman–Crippen LogP) is 3.68. The summed E-state index contributed by atoms with van der Waals surface area (Å²) in [5, 5.41) is 0. The Labute approximate surface area is 115 Å². The van der Waals surface area contributed by atoms with E-state index in [0.29, 0.717) is 22.3 Å². The molecular weight excluding hydrogens is 323 g/mol. The fourth-order valence-electron chi connectivity index (χ4n) is 1.61. The third-order valence-corrected chi connectivity index (χ3v) is 3.13. The zero-order chi connectivity index (χ0) is 14.2. The van der Waals surface area contributed by atoms with Crippen LogP contribution in [0.5, 0.6) is 0 Å². The van der Waals surface area contributed by atoms with Gasteiger partial charge in [-0.05, 0) is 34.1 Å². The summed E-state index contributed by atoms with van der Waals surface area (Å²) in [6, 6.07) is 5.12. The third-order valence-electron chi connectivity index (χ3n) is 2.47. The second-order valence-electron chi connectivity index (χ2n) is 3.81. The normalized spacial score (nSPS) is 10.5. The summed E-state index contributed by atoms with van der Waals surface area (Å²) >= 11 is 3.09. The average molecular weight is 330 g/mol. The Bertz CT molecular complexity index is 650. The summed E-state index contributed by atoms with van der Waals surface area (Å²) in [5.41, 5.74) is 5.14. The van der Waals surface area contributed by atoms with E-state index in [9.17, 15) is 18.0 Å². The Kier molecular flexibility index (Phi) is 3.61. The molecule has 0 heterocycles. The van der Waals surface area contributed by atoms with Crippen molar-refractivity contribution in [2.75, 3.05) is 5.73 Å². The van der Waals surface area contributed by atoms with Crippen molar-refractivity contribution in [2.24, 2.45) is 0 Å². The molecule has 2 N–H and O–H groups in total. The largest absolute Gasteiger partial charge is 0.399 e.